The highest BCUT2D eigenvalue weighted by molar-refractivity contribution is 7.13. The van der Waals surface area contributed by atoms with Crippen LogP contribution in [0.3, 0.4) is 0 Å². The van der Waals surface area contributed by atoms with Crippen LogP contribution in [0.1, 0.15) is 18.5 Å². The van der Waals surface area contributed by atoms with Crippen LogP contribution < -0.4 is 11.1 Å². The molecule has 0 radical (unpaired) electrons. The normalized spacial score (nSPS) is 25.0. The van der Waals surface area contributed by atoms with Crippen LogP contribution >= 0.6 is 11.3 Å². The van der Waals surface area contributed by atoms with Gasteiger partial charge in [0.25, 0.3) is 11.8 Å². The standard InChI is InChI=1S/C14H15N5O8S/c1-25-18-9(7-5-28-13(15)17-7)10(21)16-6-4-26-19(11(6)22)14(12(23)24)3-2-8(20)27-14/h5-6H,2-4H2,1H3,(H2,15,17)(H,16,21)(H,23,24)/b18-9-. The van der Waals surface area contributed by atoms with Gasteiger partial charge in [-0.1, -0.05) is 5.16 Å². The molecule has 1 aromatic heterocycles. The third-order valence-corrected chi connectivity index (χ3v) is 4.62. The van der Waals surface area contributed by atoms with E-state index in [2.05, 4.69) is 20.3 Å². The van der Waals surface area contributed by atoms with Crippen molar-refractivity contribution in [2.45, 2.75) is 24.6 Å². The van der Waals surface area contributed by atoms with E-state index in [1.54, 1.807) is 0 Å². The van der Waals surface area contributed by atoms with Gasteiger partial charge in [-0.15, -0.1) is 11.3 Å². The van der Waals surface area contributed by atoms with Crippen LogP contribution in [-0.2, 0) is 33.6 Å². The summed E-state index contributed by atoms with van der Waals surface area (Å²) >= 11 is 1.08. The van der Waals surface area contributed by atoms with Gasteiger partial charge in [0.15, 0.2) is 10.8 Å². The Morgan fingerprint density at radius 2 is 2.29 bits per heavy atom. The molecular weight excluding hydrogens is 398 g/mol. The maximum Gasteiger partial charge on any atom is 0.372 e. The van der Waals surface area contributed by atoms with Gasteiger partial charge in [-0.25, -0.2) is 9.78 Å². The average molecular weight is 413 g/mol. The lowest BCUT2D eigenvalue weighted by atomic mass is 10.1. The molecule has 2 unspecified atom stereocenters. The van der Waals surface area contributed by atoms with Crippen LogP contribution in [-0.4, -0.2) is 70.1 Å². The summed E-state index contributed by atoms with van der Waals surface area (Å²) in [4.78, 5) is 61.8. The number of hydrogen-bond donors (Lipinski definition) is 3. The van der Waals surface area contributed by atoms with E-state index in [0.717, 1.165) is 11.3 Å². The first-order chi connectivity index (χ1) is 13.3. The number of nitrogens with one attached hydrogen (secondary N) is 1. The largest absolute Gasteiger partial charge is 0.477 e. The first kappa shape index (κ1) is 19.5. The number of nitrogens with zero attached hydrogens (tertiary/aromatic N) is 3. The van der Waals surface area contributed by atoms with Crippen molar-refractivity contribution < 1.29 is 38.7 Å². The number of thiazole rings is 1. The van der Waals surface area contributed by atoms with Crippen LogP contribution in [0.4, 0.5) is 5.13 Å². The van der Waals surface area contributed by atoms with Gasteiger partial charge >= 0.3 is 17.7 Å². The number of carbonyl (C=O) groups excluding carboxylic acids is 3. The second-order valence-corrected chi connectivity index (χ2v) is 6.60. The van der Waals surface area contributed by atoms with Gasteiger partial charge < -0.3 is 25.7 Å². The fraction of sp³-hybridized carbons (Fsp3) is 0.429. The molecule has 2 aliphatic rings. The minimum atomic E-state index is -2.26. The van der Waals surface area contributed by atoms with E-state index in [-0.39, 0.29) is 36.0 Å². The number of esters is 1. The Hall–Kier alpha value is -3.26. The topological polar surface area (TPSA) is 183 Å². The minimum absolute atomic E-state index is 0.136. The predicted octanol–water partition coefficient (Wildman–Crippen LogP) is -1.55. The average Bonchev–Trinajstić information content (AvgIpc) is 3.33. The first-order valence-electron chi connectivity index (χ1n) is 7.84. The number of nitrogen functional groups attached to an aromatic ring is 1. The summed E-state index contributed by atoms with van der Waals surface area (Å²) in [7, 11) is 1.22. The van der Waals surface area contributed by atoms with Gasteiger partial charge in [0.05, 0.1) is 6.42 Å². The lowest BCUT2D eigenvalue weighted by Gasteiger charge is -2.30. The zero-order valence-corrected chi connectivity index (χ0v) is 15.2. The second-order valence-electron chi connectivity index (χ2n) is 5.71. The number of nitrogens with two attached hydrogens (primary N) is 1. The van der Waals surface area contributed by atoms with Crippen LogP contribution in [0.2, 0.25) is 0 Å². The number of oxime groups is 1. The fourth-order valence-corrected chi connectivity index (χ4v) is 3.22. The second kappa shape index (κ2) is 7.40. The molecule has 4 N–H and O–H groups in total. The molecule has 150 valence electrons. The molecule has 0 saturated carbocycles. The number of hydroxylamine groups is 2. The van der Waals surface area contributed by atoms with Gasteiger partial charge in [0, 0.05) is 11.8 Å². The molecular formula is C14H15N5O8S. The maximum atomic E-state index is 12.6. The van der Waals surface area contributed by atoms with Crippen molar-refractivity contribution in [3.8, 4) is 0 Å². The van der Waals surface area contributed by atoms with Crippen molar-refractivity contribution in [3.05, 3.63) is 11.1 Å². The Morgan fingerprint density at radius 1 is 1.54 bits per heavy atom. The number of aliphatic carboxylic acids is 1. The Morgan fingerprint density at radius 3 is 2.82 bits per heavy atom. The summed E-state index contributed by atoms with van der Waals surface area (Å²) in [5, 5.41) is 17.5. The number of aromatic nitrogens is 1. The molecule has 2 fully saturated rings. The quantitative estimate of drug-likeness (QED) is 0.280. The molecule has 1 aromatic rings. The van der Waals surface area contributed by atoms with Gasteiger partial charge in [-0.2, -0.15) is 5.06 Å². The zero-order chi connectivity index (χ0) is 20.5. The number of amides is 2. The number of hydrogen-bond acceptors (Lipinski definition) is 11. The SMILES string of the molecule is CO/N=C(\C(=O)NC1CON(C2(C(=O)O)CCC(=O)O2)C1=O)c1csc(N)n1. The maximum absolute atomic E-state index is 12.6. The van der Waals surface area contributed by atoms with E-state index >= 15 is 0 Å². The van der Waals surface area contributed by atoms with E-state index in [0.29, 0.717) is 5.06 Å². The summed E-state index contributed by atoms with van der Waals surface area (Å²) in [5.74, 6) is -4.04. The molecule has 0 aliphatic carbocycles. The van der Waals surface area contributed by atoms with Gasteiger partial charge in [-0.05, 0) is 0 Å². The minimum Gasteiger partial charge on any atom is -0.477 e. The van der Waals surface area contributed by atoms with Crippen molar-refractivity contribution in [1.29, 1.82) is 0 Å². The van der Waals surface area contributed by atoms with E-state index in [1.165, 1.54) is 12.5 Å². The van der Waals surface area contributed by atoms with E-state index in [9.17, 15) is 24.3 Å². The Kier molecular flexibility index (Phi) is 5.15. The van der Waals surface area contributed by atoms with E-state index in [1.807, 2.05) is 0 Å². The van der Waals surface area contributed by atoms with Crippen LogP contribution in [0.15, 0.2) is 10.5 Å². The third kappa shape index (κ3) is 3.34. The number of carbonyl (C=O) groups is 4. The molecule has 2 saturated heterocycles. The van der Waals surface area contributed by atoms with Gasteiger partial charge in [0.1, 0.15) is 25.5 Å². The molecule has 2 amide bonds. The summed E-state index contributed by atoms with van der Waals surface area (Å²) in [6, 6.07) is -1.24. The molecule has 28 heavy (non-hydrogen) atoms. The molecule has 14 heteroatoms. The number of rotatable bonds is 6. The van der Waals surface area contributed by atoms with Crippen LogP contribution in [0.25, 0.3) is 0 Å². The predicted molar refractivity (Wildman–Crippen MR) is 90.5 cm³/mol. The van der Waals surface area contributed by atoms with Crippen molar-refractivity contribution in [1.82, 2.24) is 15.4 Å². The first-order valence-corrected chi connectivity index (χ1v) is 8.72. The Balaban J connectivity index is 1.76. The summed E-state index contributed by atoms with van der Waals surface area (Å²) in [6.07, 6.45) is -0.464. The van der Waals surface area contributed by atoms with Crippen molar-refractivity contribution in [2.24, 2.45) is 5.16 Å². The third-order valence-electron chi connectivity index (χ3n) is 3.95. The Bertz CT molecular complexity index is 870. The summed E-state index contributed by atoms with van der Waals surface area (Å²) in [6.45, 7) is -0.364. The molecule has 2 aliphatic heterocycles. The highest BCUT2D eigenvalue weighted by Gasteiger charge is 2.59. The number of ether oxygens (including phenoxy) is 1. The molecule has 3 rings (SSSR count). The molecule has 0 bridgehead atoms. The molecule has 2 atom stereocenters. The Labute approximate surface area is 161 Å². The highest BCUT2D eigenvalue weighted by Crippen LogP contribution is 2.34. The fourth-order valence-electron chi connectivity index (χ4n) is 2.67. The van der Waals surface area contributed by atoms with Crippen LogP contribution in [0.5, 0.6) is 0 Å². The number of carboxylic acid groups (broad SMARTS) is 1. The smallest absolute Gasteiger partial charge is 0.372 e. The molecule has 3 heterocycles. The molecule has 0 aromatic carbocycles. The molecule has 0 spiro atoms. The summed E-state index contributed by atoms with van der Waals surface area (Å²) < 4.78 is 4.84. The monoisotopic (exact) mass is 413 g/mol. The van der Waals surface area contributed by atoms with Crippen molar-refractivity contribution in [3.63, 3.8) is 0 Å². The number of anilines is 1. The lowest BCUT2D eigenvalue weighted by Crippen LogP contribution is -2.57. The van der Waals surface area contributed by atoms with Crippen LogP contribution in [0, 0.1) is 0 Å². The van der Waals surface area contributed by atoms with Crippen molar-refractivity contribution >= 4 is 45.9 Å². The van der Waals surface area contributed by atoms with Gasteiger partial charge in [0.2, 0.25) is 0 Å². The zero-order valence-electron chi connectivity index (χ0n) is 14.4. The highest BCUT2D eigenvalue weighted by atomic mass is 32.1. The lowest BCUT2D eigenvalue weighted by molar-refractivity contribution is -0.256. The number of carboxylic acids is 1. The molecule has 13 nitrogen and oxygen atoms in total. The number of cyclic esters (lactones) is 1. The van der Waals surface area contributed by atoms with E-state index in [4.69, 9.17) is 15.3 Å². The van der Waals surface area contributed by atoms with E-state index < -0.39 is 35.5 Å². The van der Waals surface area contributed by atoms with Crippen molar-refractivity contribution in [2.75, 3.05) is 19.5 Å². The van der Waals surface area contributed by atoms with Gasteiger partial charge in [-0.3, -0.25) is 19.2 Å². The summed E-state index contributed by atoms with van der Waals surface area (Å²) in [5.41, 5.74) is 3.18.